The Morgan fingerprint density at radius 3 is 2.81 bits per heavy atom. The third-order valence-electron chi connectivity index (χ3n) is 4.94. The van der Waals surface area contributed by atoms with Crippen molar-refractivity contribution in [2.75, 3.05) is 45.6 Å². The number of benzene rings is 1. The van der Waals surface area contributed by atoms with Crippen LogP contribution in [-0.2, 0) is 32.5 Å². The number of morpholine rings is 1. The fraction of sp³-hybridized carbons (Fsp3) is 0.611. The summed E-state index contributed by atoms with van der Waals surface area (Å²) < 4.78 is 30.3. The number of nitrogens with one attached hydrogen (secondary N) is 1. The van der Waals surface area contributed by atoms with E-state index in [0.29, 0.717) is 45.8 Å². The van der Waals surface area contributed by atoms with Crippen LogP contribution in [0.25, 0.3) is 0 Å². The highest BCUT2D eigenvalue weighted by atomic mass is 32.2. The van der Waals surface area contributed by atoms with Crippen LogP contribution in [-0.4, -0.2) is 75.2 Å². The van der Waals surface area contributed by atoms with E-state index >= 15 is 0 Å². The van der Waals surface area contributed by atoms with Crippen LogP contribution in [0.2, 0.25) is 0 Å². The molecule has 8 heteroatoms. The van der Waals surface area contributed by atoms with Crippen molar-refractivity contribution in [3.8, 4) is 0 Å². The second-order valence-electron chi connectivity index (χ2n) is 6.90. The van der Waals surface area contributed by atoms with Crippen molar-refractivity contribution in [1.29, 1.82) is 0 Å². The maximum absolute atomic E-state index is 12.4. The minimum atomic E-state index is -3.18. The van der Waals surface area contributed by atoms with Gasteiger partial charge >= 0.3 is 0 Å². The molecule has 144 valence electrons. The highest BCUT2D eigenvalue weighted by molar-refractivity contribution is 7.88. The van der Waals surface area contributed by atoms with Crippen molar-refractivity contribution >= 4 is 15.9 Å². The average Bonchev–Trinajstić information content (AvgIpc) is 2.64. The zero-order valence-corrected chi connectivity index (χ0v) is 16.0. The van der Waals surface area contributed by atoms with E-state index in [4.69, 9.17) is 4.74 Å². The monoisotopic (exact) mass is 381 g/mol. The highest BCUT2D eigenvalue weighted by Crippen LogP contribution is 2.18. The summed E-state index contributed by atoms with van der Waals surface area (Å²) in [4.78, 5) is 14.3. The summed E-state index contributed by atoms with van der Waals surface area (Å²) in [6.07, 6.45) is 2.39. The third-order valence-corrected chi connectivity index (χ3v) is 6.21. The zero-order valence-electron chi connectivity index (χ0n) is 15.2. The first-order valence-corrected chi connectivity index (χ1v) is 10.9. The molecule has 1 aromatic rings. The summed E-state index contributed by atoms with van der Waals surface area (Å²) in [6, 6.07) is 8.26. The van der Waals surface area contributed by atoms with Gasteiger partial charge in [0.05, 0.1) is 19.0 Å². The van der Waals surface area contributed by atoms with E-state index in [0.717, 1.165) is 13.0 Å². The van der Waals surface area contributed by atoms with Gasteiger partial charge in [0.1, 0.15) is 0 Å². The van der Waals surface area contributed by atoms with Gasteiger partial charge in [-0.2, -0.15) is 4.31 Å². The molecule has 3 rings (SSSR count). The van der Waals surface area contributed by atoms with Crippen LogP contribution in [0.3, 0.4) is 0 Å². The molecular weight excluding hydrogens is 354 g/mol. The molecule has 1 aromatic carbocycles. The number of hydrogen-bond acceptors (Lipinski definition) is 5. The fourth-order valence-corrected chi connectivity index (χ4v) is 4.29. The number of fused-ring (bicyclic) bond motifs is 1. The molecule has 2 aliphatic heterocycles. The maximum atomic E-state index is 12.4. The average molecular weight is 381 g/mol. The molecule has 0 aliphatic carbocycles. The largest absolute Gasteiger partial charge is 0.374 e. The number of carbonyl (C=O) groups excluding carboxylic acids is 1. The van der Waals surface area contributed by atoms with E-state index in [2.05, 4.69) is 17.4 Å². The van der Waals surface area contributed by atoms with Crippen LogP contribution in [0, 0.1) is 0 Å². The second-order valence-corrected chi connectivity index (χ2v) is 8.88. The lowest BCUT2D eigenvalue weighted by atomic mass is 10.00. The Morgan fingerprint density at radius 1 is 1.27 bits per heavy atom. The van der Waals surface area contributed by atoms with Crippen molar-refractivity contribution in [2.45, 2.75) is 25.5 Å². The summed E-state index contributed by atoms with van der Waals surface area (Å²) in [5, 5.41) is 3.22. The zero-order chi connectivity index (χ0) is 18.6. The van der Waals surface area contributed by atoms with Gasteiger partial charge in [-0.3, -0.25) is 4.79 Å². The Kier molecular flexibility index (Phi) is 6.29. The summed E-state index contributed by atoms with van der Waals surface area (Å²) in [7, 11) is -3.18. The lowest BCUT2D eigenvalue weighted by molar-refractivity contribution is -0.132. The summed E-state index contributed by atoms with van der Waals surface area (Å²) in [5.41, 5.74) is 2.57. The number of rotatable bonds is 6. The third kappa shape index (κ3) is 5.03. The standard InChI is InChI=1S/C18H27N3O4S/c1-26(23,24)21-10-11-25-17(14-21)12-19-8-6-18(22)20-9-7-15-4-2-3-5-16(15)13-20/h2-5,17,19H,6-14H2,1H3. The van der Waals surface area contributed by atoms with Gasteiger partial charge < -0.3 is 15.0 Å². The predicted molar refractivity (Wildman–Crippen MR) is 99.2 cm³/mol. The van der Waals surface area contributed by atoms with Gasteiger partial charge in [-0.05, 0) is 17.5 Å². The highest BCUT2D eigenvalue weighted by Gasteiger charge is 2.26. The number of ether oxygens (including phenoxy) is 1. The summed E-state index contributed by atoms with van der Waals surface area (Å²) in [5.74, 6) is 0.148. The van der Waals surface area contributed by atoms with E-state index in [1.54, 1.807) is 0 Å². The Morgan fingerprint density at radius 2 is 2.04 bits per heavy atom. The van der Waals surface area contributed by atoms with Crippen LogP contribution >= 0.6 is 0 Å². The molecule has 0 aromatic heterocycles. The SMILES string of the molecule is CS(=O)(=O)N1CCOC(CNCCC(=O)N2CCc3ccccc3C2)C1. The first-order valence-electron chi connectivity index (χ1n) is 9.05. The molecule has 1 unspecified atom stereocenters. The minimum Gasteiger partial charge on any atom is -0.374 e. The molecule has 2 heterocycles. The Labute approximate surface area is 155 Å². The molecule has 1 atom stereocenters. The van der Waals surface area contributed by atoms with E-state index < -0.39 is 10.0 Å². The quantitative estimate of drug-likeness (QED) is 0.713. The van der Waals surface area contributed by atoms with Crippen molar-refractivity contribution in [3.05, 3.63) is 35.4 Å². The molecule has 7 nitrogen and oxygen atoms in total. The van der Waals surface area contributed by atoms with Crippen molar-refractivity contribution in [1.82, 2.24) is 14.5 Å². The molecule has 0 bridgehead atoms. The normalized spacial score (nSPS) is 21.4. The number of nitrogens with zero attached hydrogens (tertiary/aromatic N) is 2. The predicted octanol–water partition coefficient (Wildman–Crippen LogP) is 0.211. The topological polar surface area (TPSA) is 79.0 Å². The number of amides is 1. The first-order chi connectivity index (χ1) is 12.4. The fourth-order valence-electron chi connectivity index (χ4n) is 3.44. The van der Waals surface area contributed by atoms with E-state index in [9.17, 15) is 13.2 Å². The molecule has 0 saturated carbocycles. The van der Waals surface area contributed by atoms with Crippen molar-refractivity contribution < 1.29 is 17.9 Å². The van der Waals surface area contributed by atoms with Crippen LogP contribution in [0.1, 0.15) is 17.5 Å². The number of sulfonamides is 1. The molecule has 26 heavy (non-hydrogen) atoms. The molecular formula is C18H27N3O4S. The van der Waals surface area contributed by atoms with Gasteiger partial charge in [0, 0.05) is 45.7 Å². The van der Waals surface area contributed by atoms with Crippen LogP contribution in [0.5, 0.6) is 0 Å². The summed E-state index contributed by atoms with van der Waals surface area (Å²) >= 11 is 0. The lowest BCUT2D eigenvalue weighted by Gasteiger charge is -2.31. The lowest BCUT2D eigenvalue weighted by Crippen LogP contribution is -2.48. The van der Waals surface area contributed by atoms with Crippen molar-refractivity contribution in [3.63, 3.8) is 0 Å². The Balaban J connectivity index is 1.38. The minimum absolute atomic E-state index is 0.148. The molecule has 0 spiro atoms. The van der Waals surface area contributed by atoms with Crippen LogP contribution in [0.15, 0.2) is 24.3 Å². The molecule has 1 saturated heterocycles. The molecule has 1 amide bonds. The van der Waals surface area contributed by atoms with Gasteiger partial charge in [0.2, 0.25) is 15.9 Å². The Hall–Kier alpha value is -1.48. The van der Waals surface area contributed by atoms with Gasteiger partial charge in [-0.25, -0.2) is 8.42 Å². The van der Waals surface area contributed by atoms with E-state index in [-0.39, 0.29) is 12.0 Å². The van der Waals surface area contributed by atoms with Gasteiger partial charge in [-0.1, -0.05) is 24.3 Å². The van der Waals surface area contributed by atoms with Gasteiger partial charge in [0.25, 0.3) is 0 Å². The van der Waals surface area contributed by atoms with Gasteiger partial charge in [0.15, 0.2) is 0 Å². The number of carbonyl (C=O) groups is 1. The maximum Gasteiger partial charge on any atom is 0.224 e. The van der Waals surface area contributed by atoms with E-state index in [1.807, 2.05) is 17.0 Å². The summed E-state index contributed by atoms with van der Waals surface area (Å²) in [6.45, 7) is 3.74. The second kappa shape index (κ2) is 8.47. The molecule has 1 N–H and O–H groups in total. The molecule has 0 radical (unpaired) electrons. The van der Waals surface area contributed by atoms with Crippen LogP contribution < -0.4 is 5.32 Å². The van der Waals surface area contributed by atoms with Crippen LogP contribution in [0.4, 0.5) is 0 Å². The Bertz CT molecular complexity index is 738. The smallest absolute Gasteiger partial charge is 0.224 e. The molecule has 2 aliphatic rings. The van der Waals surface area contributed by atoms with Gasteiger partial charge in [-0.15, -0.1) is 0 Å². The molecule has 1 fully saturated rings. The van der Waals surface area contributed by atoms with E-state index in [1.165, 1.54) is 21.7 Å². The van der Waals surface area contributed by atoms with Crippen molar-refractivity contribution in [2.24, 2.45) is 0 Å². The first kappa shape index (κ1) is 19.3. The number of hydrogen-bond donors (Lipinski definition) is 1.